The third-order valence-corrected chi connectivity index (χ3v) is 5.66. The van der Waals surface area contributed by atoms with Gasteiger partial charge in [-0.05, 0) is 23.8 Å². The van der Waals surface area contributed by atoms with Crippen LogP contribution in [-0.2, 0) is 25.9 Å². The molecule has 5 aromatic rings. The highest BCUT2D eigenvalue weighted by Crippen LogP contribution is 2.34. The molecule has 0 bridgehead atoms. The van der Waals surface area contributed by atoms with E-state index in [4.69, 9.17) is 0 Å². The molecule has 5 rings (SSSR count). The van der Waals surface area contributed by atoms with Gasteiger partial charge >= 0.3 is 12.4 Å². The van der Waals surface area contributed by atoms with Gasteiger partial charge < -0.3 is 14.9 Å². The number of halogens is 7. The van der Waals surface area contributed by atoms with Crippen LogP contribution in [0.1, 0.15) is 16.8 Å². The number of benzene rings is 2. The second kappa shape index (κ2) is 9.11. The number of imidazole rings is 2. The van der Waals surface area contributed by atoms with Crippen LogP contribution in [0.3, 0.4) is 0 Å². The fourth-order valence-corrected chi connectivity index (χ4v) is 3.78. The predicted octanol–water partition coefficient (Wildman–Crippen LogP) is 6.21. The number of hydrogen-bond donors (Lipinski definition) is 2. The third kappa shape index (κ3) is 4.88. The van der Waals surface area contributed by atoms with Crippen molar-refractivity contribution in [1.29, 1.82) is 0 Å². The van der Waals surface area contributed by atoms with Gasteiger partial charge in [0, 0.05) is 25.4 Å². The van der Waals surface area contributed by atoms with Crippen LogP contribution in [0.5, 0.6) is 0 Å². The second-order valence-electron chi connectivity index (χ2n) is 8.30. The number of rotatable bonds is 5. The lowest BCUT2D eigenvalue weighted by Crippen LogP contribution is -2.07. The van der Waals surface area contributed by atoms with Crippen LogP contribution in [0.4, 0.5) is 36.6 Å². The Morgan fingerprint density at radius 1 is 0.921 bits per heavy atom. The van der Waals surface area contributed by atoms with Gasteiger partial charge in [0.2, 0.25) is 0 Å². The molecule has 38 heavy (non-hydrogen) atoms. The first-order valence-corrected chi connectivity index (χ1v) is 10.9. The Kier molecular flexibility index (Phi) is 6.04. The first kappa shape index (κ1) is 25.2. The minimum Gasteiger partial charge on any atom is -0.364 e. The Morgan fingerprint density at radius 3 is 2.32 bits per heavy atom. The number of alkyl halides is 6. The number of anilines is 1. The Labute approximate surface area is 209 Å². The summed E-state index contributed by atoms with van der Waals surface area (Å²) >= 11 is 0. The van der Waals surface area contributed by atoms with Crippen molar-refractivity contribution < 1.29 is 30.7 Å². The molecule has 0 unspecified atom stereocenters. The van der Waals surface area contributed by atoms with Crippen molar-refractivity contribution >= 4 is 17.0 Å². The van der Waals surface area contributed by atoms with Gasteiger partial charge in [0.25, 0.3) is 0 Å². The molecule has 196 valence electrons. The largest absolute Gasteiger partial charge is 0.434 e. The van der Waals surface area contributed by atoms with Gasteiger partial charge in [-0.25, -0.2) is 24.3 Å². The van der Waals surface area contributed by atoms with Gasteiger partial charge in [0.1, 0.15) is 17.2 Å². The molecule has 0 saturated carbocycles. The molecule has 7 nitrogen and oxygen atoms in total. The van der Waals surface area contributed by atoms with E-state index in [9.17, 15) is 30.7 Å². The third-order valence-electron chi connectivity index (χ3n) is 5.66. The van der Waals surface area contributed by atoms with Gasteiger partial charge in [-0.3, -0.25) is 0 Å². The number of aromatic amines is 1. The number of aromatic nitrogens is 6. The van der Waals surface area contributed by atoms with Gasteiger partial charge in [-0.2, -0.15) is 26.3 Å². The van der Waals surface area contributed by atoms with Gasteiger partial charge in [-0.15, -0.1) is 0 Å². The molecule has 0 aliphatic heterocycles. The fraction of sp³-hybridized carbons (Fsp3) is 0.167. The lowest BCUT2D eigenvalue weighted by molar-refractivity contribution is -0.141. The Bertz CT molecular complexity index is 1620. The molecule has 3 heterocycles. The smallest absolute Gasteiger partial charge is 0.364 e. The van der Waals surface area contributed by atoms with E-state index in [1.165, 1.54) is 17.9 Å². The van der Waals surface area contributed by atoms with Crippen LogP contribution >= 0.6 is 0 Å². The van der Waals surface area contributed by atoms with Crippen molar-refractivity contribution in [3.63, 3.8) is 0 Å². The zero-order valence-corrected chi connectivity index (χ0v) is 19.3. The number of nitrogens with one attached hydrogen (secondary N) is 2. The van der Waals surface area contributed by atoms with Crippen molar-refractivity contribution in [2.75, 3.05) is 5.32 Å². The summed E-state index contributed by atoms with van der Waals surface area (Å²) in [7, 11) is 1.46. The first-order valence-electron chi connectivity index (χ1n) is 10.9. The van der Waals surface area contributed by atoms with Gasteiger partial charge in [0.15, 0.2) is 23.0 Å². The topological polar surface area (TPSA) is 84.3 Å². The lowest BCUT2D eigenvalue weighted by Gasteiger charge is -2.11. The summed E-state index contributed by atoms with van der Waals surface area (Å²) in [5.74, 6) is -0.916. The summed E-state index contributed by atoms with van der Waals surface area (Å²) in [4.78, 5) is 18.8. The molecule has 0 amide bonds. The van der Waals surface area contributed by atoms with E-state index in [1.54, 1.807) is 24.3 Å². The molecule has 0 atom stereocenters. The van der Waals surface area contributed by atoms with Crippen molar-refractivity contribution in [2.45, 2.75) is 18.9 Å². The summed E-state index contributed by atoms with van der Waals surface area (Å²) in [5, 5.41) is 3.02. The van der Waals surface area contributed by atoms with Crippen LogP contribution in [0, 0.1) is 5.82 Å². The molecule has 0 fully saturated rings. The number of nitrogens with zero attached hydrogens (tertiary/aromatic N) is 5. The Morgan fingerprint density at radius 2 is 1.66 bits per heavy atom. The maximum absolute atomic E-state index is 14.5. The number of hydrogen-bond acceptors (Lipinski definition) is 5. The monoisotopic (exact) mass is 535 g/mol. The summed E-state index contributed by atoms with van der Waals surface area (Å²) in [6.07, 6.45) is -7.03. The predicted molar refractivity (Wildman–Crippen MR) is 123 cm³/mol. The van der Waals surface area contributed by atoms with Crippen molar-refractivity contribution in [1.82, 2.24) is 29.5 Å². The molecule has 0 aliphatic carbocycles. The quantitative estimate of drug-likeness (QED) is 0.262. The van der Waals surface area contributed by atoms with Crippen LogP contribution in [0.15, 0.2) is 55.0 Å². The van der Waals surface area contributed by atoms with E-state index in [1.807, 2.05) is 0 Å². The van der Waals surface area contributed by atoms with Crippen LogP contribution in [0.2, 0.25) is 0 Å². The molecule has 0 saturated heterocycles. The average molecular weight is 535 g/mol. The Hall–Kier alpha value is -4.49. The zero-order valence-electron chi connectivity index (χ0n) is 19.3. The molecule has 0 radical (unpaired) electrons. The van der Waals surface area contributed by atoms with E-state index in [-0.39, 0.29) is 29.7 Å². The highest BCUT2D eigenvalue weighted by Gasteiger charge is 2.34. The fourth-order valence-electron chi connectivity index (χ4n) is 3.78. The highest BCUT2D eigenvalue weighted by molar-refractivity contribution is 5.84. The maximum atomic E-state index is 14.5. The van der Waals surface area contributed by atoms with Crippen LogP contribution in [0.25, 0.3) is 33.9 Å². The second-order valence-corrected chi connectivity index (χ2v) is 8.30. The molecule has 3 aromatic heterocycles. The summed E-state index contributed by atoms with van der Waals surface area (Å²) in [6.45, 7) is 0.171. The molecule has 2 aromatic carbocycles. The SMILES string of the molecule is Cn1cc(C(F)(F)F)nc1-c1ccc(CNc2nc(-c3cc(C(F)(F)F)ccc3F)nc3nc[nH]c23)cc1. The van der Waals surface area contributed by atoms with E-state index >= 15 is 0 Å². The molecular formula is C24H16F7N7. The standard InChI is InChI=1S/C24H16F7N7/c1-38-10-17(24(29,30)31)35-22(38)13-4-2-12(3-5-13)9-32-20-18-21(34-11-33-18)37-19(36-20)15-8-14(23(26,27)28)6-7-16(15)25/h2-8,10-11H,9H2,1H3,(H2,32,33,34,36,37). The molecule has 0 aliphatic rings. The average Bonchev–Trinajstić information content (AvgIpc) is 3.49. The Balaban J connectivity index is 1.41. The normalized spacial score (nSPS) is 12.3. The summed E-state index contributed by atoms with van der Waals surface area (Å²) < 4.78 is 94.2. The highest BCUT2D eigenvalue weighted by atomic mass is 19.4. The van der Waals surface area contributed by atoms with Gasteiger partial charge in [-0.1, -0.05) is 24.3 Å². The first-order chi connectivity index (χ1) is 17.9. The minimum atomic E-state index is -4.69. The maximum Gasteiger partial charge on any atom is 0.434 e. The molecule has 14 heteroatoms. The molecular weight excluding hydrogens is 519 g/mol. The zero-order chi connectivity index (χ0) is 27.2. The minimum absolute atomic E-state index is 0.111. The van der Waals surface area contributed by atoms with Crippen LogP contribution < -0.4 is 5.32 Å². The van der Waals surface area contributed by atoms with E-state index in [0.29, 0.717) is 34.8 Å². The lowest BCUT2D eigenvalue weighted by atomic mass is 10.1. The van der Waals surface area contributed by atoms with Crippen LogP contribution in [-0.4, -0.2) is 29.5 Å². The van der Waals surface area contributed by atoms with Gasteiger partial charge in [0.05, 0.1) is 17.5 Å². The van der Waals surface area contributed by atoms with E-state index in [2.05, 4.69) is 30.2 Å². The summed E-state index contributed by atoms with van der Waals surface area (Å²) in [5.41, 5.74) is -0.856. The molecule has 2 N–H and O–H groups in total. The van der Waals surface area contributed by atoms with E-state index < -0.39 is 35.0 Å². The molecule has 0 spiro atoms. The number of fused-ring (bicyclic) bond motifs is 1. The summed E-state index contributed by atoms with van der Waals surface area (Å²) in [6, 6.07) is 8.51. The van der Waals surface area contributed by atoms with E-state index in [0.717, 1.165) is 6.20 Å². The van der Waals surface area contributed by atoms with Crippen molar-refractivity contribution in [3.05, 3.63) is 77.6 Å². The number of H-pyrrole nitrogens is 1. The van der Waals surface area contributed by atoms with Crippen molar-refractivity contribution in [2.24, 2.45) is 7.05 Å². The number of aryl methyl sites for hydroxylation is 1. The van der Waals surface area contributed by atoms with Crippen molar-refractivity contribution in [3.8, 4) is 22.8 Å².